The Balaban J connectivity index is 1.54. The minimum Gasteiger partial charge on any atom is -0.480 e. The van der Waals surface area contributed by atoms with Crippen LogP contribution in [-0.2, 0) is 9.59 Å². The van der Waals surface area contributed by atoms with Crippen molar-refractivity contribution < 1.29 is 27.5 Å². The van der Waals surface area contributed by atoms with E-state index in [0.29, 0.717) is 42.9 Å². The first-order chi connectivity index (χ1) is 18.2. The number of alkyl halides is 2. The largest absolute Gasteiger partial charge is 0.480 e. The van der Waals surface area contributed by atoms with Crippen molar-refractivity contribution in [3.05, 3.63) is 42.4 Å². The molecule has 10 heteroatoms. The number of hydrogen-bond acceptors (Lipinski definition) is 7. The van der Waals surface area contributed by atoms with Crippen molar-refractivity contribution in [2.75, 3.05) is 20.7 Å². The molecule has 1 fully saturated rings. The third-order valence-corrected chi connectivity index (χ3v) is 6.94. The number of nitrogens with one attached hydrogen (secondary N) is 1. The Morgan fingerprint density at radius 1 is 1.26 bits per heavy atom. The number of Topliss-reactive ketones (excluding diaryl/α,β-unsaturated/α-hetero) is 1. The highest BCUT2D eigenvalue weighted by Gasteiger charge is 2.46. The van der Waals surface area contributed by atoms with Crippen molar-refractivity contribution in [2.45, 2.75) is 69.9 Å². The summed E-state index contributed by atoms with van der Waals surface area (Å²) in [6.45, 7) is 1.39. The van der Waals surface area contributed by atoms with Crippen molar-refractivity contribution in [2.24, 2.45) is 0 Å². The lowest BCUT2D eigenvalue weighted by Gasteiger charge is -2.22. The molecule has 1 unspecified atom stereocenters. The third kappa shape index (κ3) is 6.53. The van der Waals surface area contributed by atoms with Crippen LogP contribution in [0.1, 0.15) is 63.8 Å². The van der Waals surface area contributed by atoms with Crippen LogP contribution in [0.15, 0.2) is 40.9 Å². The number of rotatable bonds is 12. The molecule has 1 N–H and O–H groups in total. The van der Waals surface area contributed by atoms with Gasteiger partial charge in [-0.25, -0.2) is 18.7 Å². The number of aromatic nitrogens is 2. The van der Waals surface area contributed by atoms with Crippen LogP contribution >= 0.6 is 0 Å². The van der Waals surface area contributed by atoms with Crippen molar-refractivity contribution in [3.63, 3.8) is 0 Å². The molecule has 2 aromatic heterocycles. The Kier molecular flexibility index (Phi) is 8.71. The number of likely N-dealkylation sites (N-methyl/N-ethyl adjacent to an activating group) is 1. The molecule has 4 rings (SSSR count). The summed E-state index contributed by atoms with van der Waals surface area (Å²) in [5, 5.41) is 3.79. The van der Waals surface area contributed by atoms with Gasteiger partial charge in [0.25, 0.3) is 5.92 Å². The van der Waals surface area contributed by atoms with Gasteiger partial charge in [-0.05, 0) is 32.0 Å². The number of likely N-dealkylation sites (tertiary alicyclic amines) is 1. The maximum Gasteiger partial charge on any atom is 0.262 e. The van der Waals surface area contributed by atoms with Gasteiger partial charge in [0.15, 0.2) is 5.76 Å². The van der Waals surface area contributed by atoms with Crippen LogP contribution < -0.4 is 10.1 Å². The van der Waals surface area contributed by atoms with Crippen LogP contribution in [0.3, 0.4) is 0 Å². The van der Waals surface area contributed by atoms with Gasteiger partial charge in [0.1, 0.15) is 11.8 Å². The number of halogens is 2. The number of ether oxygens (including phenoxy) is 1. The normalized spacial score (nSPS) is 18.0. The van der Waals surface area contributed by atoms with Crippen LogP contribution in [0.25, 0.3) is 22.2 Å². The first kappa shape index (κ1) is 27.6. The fourth-order valence-corrected chi connectivity index (χ4v) is 4.82. The van der Waals surface area contributed by atoms with Gasteiger partial charge in [0.05, 0.1) is 37.0 Å². The van der Waals surface area contributed by atoms with Crippen LogP contribution in [0, 0.1) is 0 Å². The number of oxazole rings is 1. The zero-order valence-corrected chi connectivity index (χ0v) is 22.0. The number of para-hydroxylation sites is 1. The molecule has 204 valence electrons. The summed E-state index contributed by atoms with van der Waals surface area (Å²) in [5.41, 5.74) is 1.39. The number of fused-ring (bicyclic) bond motifs is 1. The highest BCUT2D eigenvalue weighted by atomic mass is 19.3. The van der Waals surface area contributed by atoms with Crippen molar-refractivity contribution in [3.8, 4) is 17.2 Å². The van der Waals surface area contributed by atoms with E-state index < -0.39 is 36.9 Å². The average Bonchev–Trinajstić information content (AvgIpc) is 3.50. The number of hydrogen-bond donors (Lipinski definition) is 1. The van der Waals surface area contributed by atoms with E-state index in [-0.39, 0.29) is 11.7 Å². The summed E-state index contributed by atoms with van der Waals surface area (Å²) in [4.78, 5) is 35.0. The quantitative estimate of drug-likeness (QED) is 0.318. The monoisotopic (exact) mass is 528 g/mol. The zero-order chi connectivity index (χ0) is 27.3. The topological polar surface area (TPSA) is 97.6 Å². The summed E-state index contributed by atoms with van der Waals surface area (Å²) < 4.78 is 39.4. The van der Waals surface area contributed by atoms with Crippen LogP contribution in [0.5, 0.6) is 5.88 Å². The second-order valence-corrected chi connectivity index (χ2v) is 9.84. The molecule has 2 atom stereocenters. The van der Waals surface area contributed by atoms with E-state index in [1.165, 1.54) is 19.1 Å². The molecular formula is C28H34F2N4O4. The van der Waals surface area contributed by atoms with Crippen molar-refractivity contribution in [1.82, 2.24) is 20.2 Å². The number of nitrogens with zero attached hydrogens (tertiary/aromatic N) is 3. The second kappa shape index (κ2) is 12.0. The molecule has 0 aliphatic carbocycles. The fourth-order valence-electron chi connectivity index (χ4n) is 4.82. The molecule has 1 saturated heterocycles. The molecule has 3 aromatic rings. The predicted octanol–water partition coefficient (Wildman–Crippen LogP) is 5.32. The van der Waals surface area contributed by atoms with Gasteiger partial charge in [0, 0.05) is 24.6 Å². The lowest BCUT2D eigenvalue weighted by Crippen LogP contribution is -2.43. The van der Waals surface area contributed by atoms with E-state index in [9.17, 15) is 18.4 Å². The maximum absolute atomic E-state index is 13.9. The number of methoxy groups -OCH3 is 1. The Labute approximate surface area is 220 Å². The van der Waals surface area contributed by atoms with Gasteiger partial charge in [0.2, 0.25) is 17.7 Å². The standard InChI is InChI=1S/C28H34F2N4O4/c1-4-19(35)11-6-5-7-13-22(32-25(36)23-15-28(29,30)17-34(23)2)27-31-16-24(38-27)20-14-18-10-8-9-12-21(18)33-26(20)37-3/h8-10,12,14,16,22-23H,4-7,11,13,15,17H2,1-3H3,(H,32,36)/t22-,23?/m0/s1. The van der Waals surface area contributed by atoms with E-state index in [4.69, 9.17) is 9.15 Å². The molecule has 0 radical (unpaired) electrons. The first-order valence-electron chi connectivity index (χ1n) is 13.0. The SMILES string of the molecule is CCC(=O)CCCCC[C@H](NC(=O)C1CC(F)(F)CN1C)c1ncc(-c2cc3ccccc3nc2OC)o1. The average molecular weight is 529 g/mol. The predicted molar refractivity (Wildman–Crippen MR) is 139 cm³/mol. The molecule has 1 aliphatic heterocycles. The molecule has 1 aromatic carbocycles. The molecule has 3 heterocycles. The van der Waals surface area contributed by atoms with Gasteiger partial charge in [-0.1, -0.05) is 38.0 Å². The smallest absolute Gasteiger partial charge is 0.262 e. The highest BCUT2D eigenvalue weighted by Crippen LogP contribution is 2.35. The summed E-state index contributed by atoms with van der Waals surface area (Å²) in [6, 6.07) is 7.98. The fraction of sp³-hybridized carbons (Fsp3) is 0.500. The van der Waals surface area contributed by atoms with E-state index in [1.54, 1.807) is 6.20 Å². The second-order valence-electron chi connectivity index (χ2n) is 9.84. The lowest BCUT2D eigenvalue weighted by atomic mass is 10.0. The van der Waals surface area contributed by atoms with Gasteiger partial charge in [-0.3, -0.25) is 14.5 Å². The molecule has 1 aliphatic rings. The van der Waals surface area contributed by atoms with E-state index >= 15 is 0 Å². The number of ketones is 1. The number of benzene rings is 1. The lowest BCUT2D eigenvalue weighted by molar-refractivity contribution is -0.126. The number of pyridine rings is 1. The van der Waals surface area contributed by atoms with Gasteiger partial charge in [-0.2, -0.15) is 0 Å². The molecule has 1 amide bonds. The van der Waals surface area contributed by atoms with Gasteiger partial charge < -0.3 is 14.5 Å². The summed E-state index contributed by atoms with van der Waals surface area (Å²) >= 11 is 0. The number of unbranched alkanes of at least 4 members (excludes halogenated alkanes) is 2. The summed E-state index contributed by atoms with van der Waals surface area (Å²) in [5.74, 6) is -2.10. The van der Waals surface area contributed by atoms with Crippen molar-refractivity contribution in [1.29, 1.82) is 0 Å². The number of carbonyl (C=O) groups excluding carboxylic acids is 2. The Morgan fingerprint density at radius 3 is 2.76 bits per heavy atom. The third-order valence-electron chi connectivity index (χ3n) is 6.94. The molecule has 8 nitrogen and oxygen atoms in total. The van der Waals surface area contributed by atoms with E-state index in [0.717, 1.165) is 23.7 Å². The number of amides is 1. The summed E-state index contributed by atoms with van der Waals surface area (Å²) in [7, 11) is 3.05. The maximum atomic E-state index is 13.9. The van der Waals surface area contributed by atoms with Crippen LogP contribution in [0.2, 0.25) is 0 Å². The van der Waals surface area contributed by atoms with E-state index in [1.807, 2.05) is 37.3 Å². The molecular weight excluding hydrogens is 494 g/mol. The first-order valence-corrected chi connectivity index (χ1v) is 13.0. The Morgan fingerprint density at radius 2 is 2.05 bits per heavy atom. The van der Waals surface area contributed by atoms with Crippen LogP contribution in [-0.4, -0.2) is 59.2 Å². The highest BCUT2D eigenvalue weighted by molar-refractivity contribution is 5.85. The molecule has 0 bridgehead atoms. The van der Waals surface area contributed by atoms with Gasteiger partial charge >= 0.3 is 0 Å². The zero-order valence-electron chi connectivity index (χ0n) is 22.0. The molecule has 0 spiro atoms. The van der Waals surface area contributed by atoms with Crippen LogP contribution in [0.4, 0.5) is 8.78 Å². The minimum absolute atomic E-state index is 0.218. The minimum atomic E-state index is -2.91. The summed E-state index contributed by atoms with van der Waals surface area (Å²) in [6.07, 6.45) is 4.80. The van der Waals surface area contributed by atoms with Gasteiger partial charge in [-0.15, -0.1) is 0 Å². The van der Waals surface area contributed by atoms with E-state index in [2.05, 4.69) is 15.3 Å². The number of carbonyl (C=O) groups is 2. The Hall–Kier alpha value is -3.40. The molecule has 38 heavy (non-hydrogen) atoms. The molecule has 0 saturated carbocycles. The van der Waals surface area contributed by atoms with Crippen molar-refractivity contribution >= 4 is 22.6 Å². The Bertz CT molecular complexity index is 1280.